The molecule has 1 fully saturated rings. The molecule has 1 heterocycles. The molecule has 0 radical (unpaired) electrons. The molecule has 1 saturated heterocycles. The quantitative estimate of drug-likeness (QED) is 0.751. The van der Waals surface area contributed by atoms with E-state index in [2.05, 4.69) is 5.32 Å². The molecule has 1 aromatic carbocycles. The zero-order chi connectivity index (χ0) is 18.3. The van der Waals surface area contributed by atoms with Gasteiger partial charge in [-0.3, -0.25) is 4.79 Å². The smallest absolute Gasteiger partial charge is 0.243 e. The molecule has 140 valence electrons. The lowest BCUT2D eigenvalue weighted by Gasteiger charge is -2.28. The van der Waals surface area contributed by atoms with Gasteiger partial charge in [-0.25, -0.2) is 12.8 Å². The first-order valence-corrected chi connectivity index (χ1v) is 10.1. The normalized spacial score (nSPS) is 15.6. The van der Waals surface area contributed by atoms with E-state index in [1.54, 1.807) is 4.90 Å². The van der Waals surface area contributed by atoms with E-state index in [1.165, 1.54) is 16.4 Å². The third kappa shape index (κ3) is 5.49. The number of sulfonamides is 1. The predicted molar refractivity (Wildman–Crippen MR) is 94.1 cm³/mol. The van der Waals surface area contributed by atoms with Gasteiger partial charge in [0.1, 0.15) is 5.82 Å². The van der Waals surface area contributed by atoms with Gasteiger partial charge >= 0.3 is 0 Å². The zero-order valence-corrected chi connectivity index (χ0v) is 15.4. The van der Waals surface area contributed by atoms with Gasteiger partial charge in [-0.1, -0.05) is 13.3 Å². The van der Waals surface area contributed by atoms with Crippen molar-refractivity contribution in [1.82, 2.24) is 14.5 Å². The first kappa shape index (κ1) is 19.8. The van der Waals surface area contributed by atoms with Crippen LogP contribution < -0.4 is 5.32 Å². The highest BCUT2D eigenvalue weighted by molar-refractivity contribution is 7.89. The Balaban J connectivity index is 2.06. The molecule has 0 saturated carbocycles. The van der Waals surface area contributed by atoms with E-state index in [0.717, 1.165) is 31.6 Å². The Morgan fingerprint density at radius 2 is 1.84 bits per heavy atom. The molecule has 1 amide bonds. The molecule has 0 atom stereocenters. The van der Waals surface area contributed by atoms with Gasteiger partial charge in [-0.15, -0.1) is 0 Å². The Bertz CT molecular complexity index is 658. The SMILES string of the molecule is CCCCN(CCC(=O)N1CCNCC1)S(=O)(=O)c1ccc(F)cc1. The number of carbonyl (C=O) groups is 1. The summed E-state index contributed by atoms with van der Waals surface area (Å²) in [5.41, 5.74) is 0. The van der Waals surface area contributed by atoms with Crippen LogP contribution in [0, 0.1) is 5.82 Å². The Morgan fingerprint density at radius 3 is 2.44 bits per heavy atom. The Hall–Kier alpha value is -1.51. The summed E-state index contributed by atoms with van der Waals surface area (Å²) in [6.45, 7) is 5.30. The lowest BCUT2D eigenvalue weighted by atomic mass is 10.3. The Morgan fingerprint density at radius 1 is 1.20 bits per heavy atom. The largest absolute Gasteiger partial charge is 0.340 e. The second kappa shape index (κ2) is 9.26. The molecular weight excluding hydrogens is 345 g/mol. The van der Waals surface area contributed by atoms with Crippen LogP contribution in [0.15, 0.2) is 29.2 Å². The molecule has 0 spiro atoms. The van der Waals surface area contributed by atoms with Gasteiger partial charge in [0.2, 0.25) is 15.9 Å². The maximum Gasteiger partial charge on any atom is 0.243 e. The van der Waals surface area contributed by atoms with Crippen LogP contribution in [0.2, 0.25) is 0 Å². The van der Waals surface area contributed by atoms with E-state index < -0.39 is 15.8 Å². The van der Waals surface area contributed by atoms with Crippen LogP contribution in [0.25, 0.3) is 0 Å². The number of benzene rings is 1. The summed E-state index contributed by atoms with van der Waals surface area (Å²) < 4.78 is 40.0. The molecule has 0 aliphatic carbocycles. The fraction of sp³-hybridized carbons (Fsp3) is 0.588. The van der Waals surface area contributed by atoms with Gasteiger partial charge in [0.15, 0.2) is 0 Å². The van der Waals surface area contributed by atoms with Crippen LogP contribution in [0.4, 0.5) is 4.39 Å². The van der Waals surface area contributed by atoms with Gasteiger partial charge in [-0.05, 0) is 30.7 Å². The van der Waals surface area contributed by atoms with Crippen LogP contribution in [-0.4, -0.2) is 62.8 Å². The average Bonchev–Trinajstić information content (AvgIpc) is 2.62. The minimum Gasteiger partial charge on any atom is -0.340 e. The highest BCUT2D eigenvalue weighted by Gasteiger charge is 2.26. The maximum atomic E-state index is 13.1. The Kier molecular flexibility index (Phi) is 7.34. The van der Waals surface area contributed by atoms with Gasteiger partial charge in [0.25, 0.3) is 0 Å². The van der Waals surface area contributed by atoms with E-state index >= 15 is 0 Å². The minimum atomic E-state index is -3.73. The molecule has 2 rings (SSSR count). The van der Waals surface area contributed by atoms with Crippen molar-refractivity contribution in [1.29, 1.82) is 0 Å². The number of unbranched alkanes of at least 4 members (excludes halogenated alkanes) is 1. The molecule has 0 unspecified atom stereocenters. The van der Waals surface area contributed by atoms with Crippen molar-refractivity contribution >= 4 is 15.9 Å². The number of halogens is 1. The van der Waals surface area contributed by atoms with Gasteiger partial charge in [0.05, 0.1) is 4.90 Å². The van der Waals surface area contributed by atoms with Crippen LogP contribution in [0.1, 0.15) is 26.2 Å². The molecule has 8 heteroatoms. The number of piperazine rings is 1. The van der Waals surface area contributed by atoms with Crippen LogP contribution in [-0.2, 0) is 14.8 Å². The topological polar surface area (TPSA) is 69.7 Å². The number of rotatable bonds is 8. The summed E-state index contributed by atoms with van der Waals surface area (Å²) in [5.74, 6) is -0.509. The molecule has 1 N–H and O–H groups in total. The molecule has 1 aliphatic rings. The zero-order valence-electron chi connectivity index (χ0n) is 14.6. The van der Waals surface area contributed by atoms with E-state index in [9.17, 15) is 17.6 Å². The number of amides is 1. The lowest BCUT2D eigenvalue weighted by molar-refractivity contribution is -0.131. The number of nitrogens with zero attached hydrogens (tertiary/aromatic N) is 2. The van der Waals surface area contributed by atoms with E-state index in [1.807, 2.05) is 6.92 Å². The summed E-state index contributed by atoms with van der Waals surface area (Å²) in [6, 6.07) is 4.80. The summed E-state index contributed by atoms with van der Waals surface area (Å²) in [5, 5.41) is 3.18. The molecule has 1 aromatic rings. The second-order valence-corrected chi connectivity index (χ2v) is 8.03. The number of carbonyl (C=O) groups excluding carboxylic acids is 1. The summed E-state index contributed by atoms with van der Waals surface area (Å²) >= 11 is 0. The number of hydrogen-bond donors (Lipinski definition) is 1. The first-order chi connectivity index (χ1) is 11.9. The molecule has 0 aromatic heterocycles. The van der Waals surface area contributed by atoms with Crippen molar-refractivity contribution < 1.29 is 17.6 Å². The van der Waals surface area contributed by atoms with Crippen LogP contribution in [0.5, 0.6) is 0 Å². The third-order valence-electron chi connectivity index (χ3n) is 4.26. The Labute approximate surface area is 149 Å². The van der Waals surface area contributed by atoms with Crippen molar-refractivity contribution in [2.24, 2.45) is 0 Å². The number of nitrogens with one attached hydrogen (secondary N) is 1. The third-order valence-corrected chi connectivity index (χ3v) is 6.17. The van der Waals surface area contributed by atoms with Crippen LogP contribution >= 0.6 is 0 Å². The van der Waals surface area contributed by atoms with E-state index in [0.29, 0.717) is 26.1 Å². The van der Waals surface area contributed by atoms with Crippen LogP contribution in [0.3, 0.4) is 0 Å². The summed E-state index contributed by atoms with van der Waals surface area (Å²) in [7, 11) is -3.73. The first-order valence-electron chi connectivity index (χ1n) is 8.69. The van der Waals surface area contributed by atoms with Gasteiger partial charge in [0, 0.05) is 45.7 Å². The minimum absolute atomic E-state index is 0.0303. The van der Waals surface area contributed by atoms with Crippen molar-refractivity contribution in [3.05, 3.63) is 30.1 Å². The fourth-order valence-corrected chi connectivity index (χ4v) is 4.21. The van der Waals surface area contributed by atoms with Crippen molar-refractivity contribution in [2.45, 2.75) is 31.1 Å². The van der Waals surface area contributed by atoms with E-state index in [-0.39, 0.29) is 23.8 Å². The molecular formula is C17H26FN3O3S. The maximum absolute atomic E-state index is 13.1. The van der Waals surface area contributed by atoms with Crippen molar-refractivity contribution in [3.63, 3.8) is 0 Å². The van der Waals surface area contributed by atoms with Crippen molar-refractivity contribution in [2.75, 3.05) is 39.3 Å². The lowest BCUT2D eigenvalue weighted by Crippen LogP contribution is -2.47. The molecule has 6 nitrogen and oxygen atoms in total. The highest BCUT2D eigenvalue weighted by Crippen LogP contribution is 2.17. The van der Waals surface area contributed by atoms with E-state index in [4.69, 9.17) is 0 Å². The van der Waals surface area contributed by atoms with Crippen molar-refractivity contribution in [3.8, 4) is 0 Å². The highest BCUT2D eigenvalue weighted by atomic mass is 32.2. The monoisotopic (exact) mass is 371 g/mol. The average molecular weight is 371 g/mol. The second-order valence-electron chi connectivity index (χ2n) is 6.09. The molecule has 25 heavy (non-hydrogen) atoms. The fourth-order valence-electron chi connectivity index (χ4n) is 2.73. The van der Waals surface area contributed by atoms with Gasteiger partial charge in [-0.2, -0.15) is 4.31 Å². The standard InChI is InChI=1S/C17H26FN3O3S/c1-2-3-11-21(12-8-17(22)20-13-9-19-10-14-20)25(23,24)16-6-4-15(18)5-7-16/h4-7,19H,2-3,8-14H2,1H3. The number of hydrogen-bond acceptors (Lipinski definition) is 4. The molecule has 0 bridgehead atoms. The predicted octanol–water partition coefficient (Wildman–Crippen LogP) is 1.44. The van der Waals surface area contributed by atoms with Gasteiger partial charge < -0.3 is 10.2 Å². The summed E-state index contributed by atoms with van der Waals surface area (Å²) in [6.07, 6.45) is 1.72. The summed E-state index contributed by atoms with van der Waals surface area (Å²) in [4.78, 5) is 14.1. The molecule has 1 aliphatic heterocycles.